The van der Waals surface area contributed by atoms with Crippen LogP contribution in [0.2, 0.25) is 0 Å². The minimum Gasteiger partial charge on any atom is -0.490 e. The summed E-state index contributed by atoms with van der Waals surface area (Å²) in [6.07, 6.45) is 1.22. The predicted octanol–water partition coefficient (Wildman–Crippen LogP) is 2.63. The van der Waals surface area contributed by atoms with Crippen LogP contribution in [0.5, 0.6) is 5.75 Å². The van der Waals surface area contributed by atoms with E-state index in [0.29, 0.717) is 25.1 Å². The van der Waals surface area contributed by atoms with Gasteiger partial charge in [-0.15, -0.1) is 0 Å². The zero-order valence-corrected chi connectivity index (χ0v) is 16.0. The van der Waals surface area contributed by atoms with Crippen molar-refractivity contribution < 1.29 is 14.3 Å². The number of carbonyl (C=O) groups excluding carboxylic acids is 2. The smallest absolute Gasteiger partial charge is 0.253 e. The van der Waals surface area contributed by atoms with Gasteiger partial charge in [0.15, 0.2) is 5.78 Å². The maximum Gasteiger partial charge on any atom is 0.253 e. The summed E-state index contributed by atoms with van der Waals surface area (Å²) >= 11 is 0. The molecule has 0 bridgehead atoms. The summed E-state index contributed by atoms with van der Waals surface area (Å²) in [4.78, 5) is 26.9. The molecule has 1 unspecified atom stereocenters. The van der Waals surface area contributed by atoms with E-state index in [1.54, 1.807) is 0 Å². The van der Waals surface area contributed by atoms with E-state index in [2.05, 4.69) is 21.6 Å². The van der Waals surface area contributed by atoms with Crippen molar-refractivity contribution in [2.45, 2.75) is 25.8 Å². The minimum atomic E-state index is -0.261. The van der Waals surface area contributed by atoms with Crippen molar-refractivity contribution in [1.82, 2.24) is 5.32 Å². The average molecular weight is 379 g/mol. The Bertz CT molecular complexity index is 896. The summed E-state index contributed by atoms with van der Waals surface area (Å²) in [7, 11) is 0. The molecule has 6 nitrogen and oxygen atoms in total. The highest BCUT2D eigenvalue weighted by atomic mass is 16.5. The molecule has 2 aliphatic rings. The molecule has 0 radical (unpaired) electrons. The van der Waals surface area contributed by atoms with Crippen molar-refractivity contribution in [3.8, 4) is 5.75 Å². The van der Waals surface area contributed by atoms with E-state index in [1.165, 1.54) is 0 Å². The Morgan fingerprint density at radius 1 is 1.25 bits per heavy atom. The van der Waals surface area contributed by atoms with Gasteiger partial charge in [-0.1, -0.05) is 24.3 Å². The maximum absolute atomic E-state index is 12.7. The van der Waals surface area contributed by atoms with Gasteiger partial charge in [-0.05, 0) is 37.1 Å². The zero-order valence-electron chi connectivity index (χ0n) is 16.0. The molecule has 2 heterocycles. The van der Waals surface area contributed by atoms with Crippen molar-refractivity contribution in [2.24, 2.45) is 0 Å². The lowest BCUT2D eigenvalue weighted by molar-refractivity contribution is -0.119. The molecule has 0 saturated carbocycles. The number of hydrogen-bond donors (Lipinski definition) is 2. The first-order valence-electron chi connectivity index (χ1n) is 9.79. The Kier molecular flexibility index (Phi) is 5.19. The van der Waals surface area contributed by atoms with Crippen LogP contribution in [0.3, 0.4) is 0 Å². The van der Waals surface area contributed by atoms with Crippen LogP contribution < -0.4 is 20.3 Å². The van der Waals surface area contributed by atoms with Gasteiger partial charge in [0.1, 0.15) is 12.4 Å². The molecule has 0 fully saturated rings. The quantitative estimate of drug-likeness (QED) is 0.782. The van der Waals surface area contributed by atoms with Crippen molar-refractivity contribution >= 4 is 23.1 Å². The number of nitrogens with one attached hydrogen (secondary N) is 2. The molecule has 146 valence electrons. The van der Waals surface area contributed by atoms with Crippen LogP contribution >= 0.6 is 0 Å². The maximum atomic E-state index is 12.7. The normalized spacial score (nSPS) is 17.8. The highest BCUT2D eigenvalue weighted by Gasteiger charge is 2.25. The van der Waals surface area contributed by atoms with Crippen molar-refractivity contribution in [1.29, 1.82) is 0 Å². The fourth-order valence-electron chi connectivity index (χ4n) is 3.77. The summed E-state index contributed by atoms with van der Waals surface area (Å²) < 4.78 is 5.68. The number of fused-ring (bicyclic) bond motifs is 2. The molecule has 28 heavy (non-hydrogen) atoms. The Balaban J connectivity index is 1.34. The van der Waals surface area contributed by atoms with Gasteiger partial charge in [0.05, 0.1) is 29.5 Å². The predicted molar refractivity (Wildman–Crippen MR) is 109 cm³/mol. The van der Waals surface area contributed by atoms with E-state index in [1.807, 2.05) is 43.3 Å². The first-order chi connectivity index (χ1) is 13.6. The third kappa shape index (κ3) is 3.67. The molecule has 0 spiro atoms. The Hall–Kier alpha value is -3.02. The summed E-state index contributed by atoms with van der Waals surface area (Å²) in [5.41, 5.74) is 3.39. The largest absolute Gasteiger partial charge is 0.490 e. The van der Waals surface area contributed by atoms with Gasteiger partial charge in [-0.25, -0.2) is 0 Å². The molecule has 1 amide bonds. The number of anilines is 2. The average Bonchev–Trinajstić information content (AvgIpc) is 2.71. The number of ketones is 1. The van der Waals surface area contributed by atoms with Crippen molar-refractivity contribution in [3.05, 3.63) is 53.6 Å². The van der Waals surface area contributed by atoms with Gasteiger partial charge < -0.3 is 20.3 Å². The lowest BCUT2D eigenvalue weighted by Crippen LogP contribution is -2.36. The van der Waals surface area contributed by atoms with E-state index in [9.17, 15) is 9.59 Å². The summed E-state index contributed by atoms with van der Waals surface area (Å²) in [5.74, 6) is 0.965. The highest BCUT2D eigenvalue weighted by Crippen LogP contribution is 2.31. The molecule has 0 saturated heterocycles. The molecule has 2 aromatic rings. The molecular formula is C22H25N3O3. The zero-order chi connectivity index (χ0) is 19.5. The Morgan fingerprint density at radius 2 is 2.11 bits per heavy atom. The number of benzene rings is 2. The second-order valence-corrected chi connectivity index (χ2v) is 7.26. The van der Waals surface area contributed by atoms with Crippen LogP contribution in [0.15, 0.2) is 42.5 Å². The molecule has 1 atom stereocenters. The van der Waals surface area contributed by atoms with E-state index in [-0.39, 0.29) is 17.7 Å². The van der Waals surface area contributed by atoms with Crippen LogP contribution in [0.1, 0.15) is 29.3 Å². The third-order valence-corrected chi connectivity index (χ3v) is 5.32. The number of nitrogens with zero attached hydrogens (tertiary/aromatic N) is 1. The van der Waals surface area contributed by atoms with Crippen molar-refractivity contribution in [2.75, 3.05) is 36.5 Å². The molecule has 0 aliphatic carbocycles. The summed E-state index contributed by atoms with van der Waals surface area (Å²) in [6.45, 7) is 4.82. The summed E-state index contributed by atoms with van der Waals surface area (Å²) in [6, 6.07) is 13.3. The van der Waals surface area contributed by atoms with Crippen LogP contribution in [-0.4, -0.2) is 44.0 Å². The number of ether oxygens (including phenoxy) is 1. The first-order valence-corrected chi connectivity index (χ1v) is 9.79. The lowest BCUT2D eigenvalue weighted by atomic mass is 9.94. The molecule has 0 aromatic heterocycles. The lowest BCUT2D eigenvalue weighted by Gasteiger charge is -2.31. The van der Waals surface area contributed by atoms with Crippen molar-refractivity contribution in [3.63, 3.8) is 0 Å². The van der Waals surface area contributed by atoms with Gasteiger partial charge in [-0.2, -0.15) is 0 Å². The fraction of sp³-hybridized carbons (Fsp3) is 0.364. The molecule has 6 heteroatoms. The standard InChI is InChI=1S/C22H25N3O3/c1-15-19(26)14-16-6-4-7-17(21(16)24-15)22(27)23-10-5-11-25-12-13-28-20-9-3-2-8-18(20)25/h2-4,6-9,15,24H,5,10-14H2,1H3,(H,23,27). The third-order valence-electron chi connectivity index (χ3n) is 5.32. The molecule has 4 rings (SSSR count). The number of rotatable bonds is 5. The number of carbonyl (C=O) groups is 2. The van der Waals surface area contributed by atoms with Crippen LogP contribution in [0, 0.1) is 0 Å². The summed E-state index contributed by atoms with van der Waals surface area (Å²) in [5, 5.41) is 6.20. The second-order valence-electron chi connectivity index (χ2n) is 7.26. The number of hydrogen-bond acceptors (Lipinski definition) is 5. The molecule has 2 N–H and O–H groups in total. The fourth-order valence-corrected chi connectivity index (χ4v) is 3.77. The van der Waals surface area contributed by atoms with E-state index in [4.69, 9.17) is 4.74 Å². The SMILES string of the molecule is CC1Nc2c(cccc2C(=O)NCCCN2CCOc3ccccc32)CC1=O. The number of Topliss-reactive ketones (excluding diaryl/α,β-unsaturated/α-hetero) is 1. The van der Waals surface area contributed by atoms with E-state index < -0.39 is 0 Å². The van der Waals surface area contributed by atoms with Gasteiger partial charge in [-0.3, -0.25) is 9.59 Å². The van der Waals surface area contributed by atoms with Crippen LogP contribution in [-0.2, 0) is 11.2 Å². The van der Waals surface area contributed by atoms with E-state index in [0.717, 1.165) is 42.2 Å². The van der Waals surface area contributed by atoms with Gasteiger partial charge >= 0.3 is 0 Å². The van der Waals surface area contributed by atoms with Crippen LogP contribution in [0.25, 0.3) is 0 Å². The Morgan fingerprint density at radius 3 is 3.00 bits per heavy atom. The van der Waals surface area contributed by atoms with Gasteiger partial charge in [0, 0.05) is 19.5 Å². The van der Waals surface area contributed by atoms with Crippen LogP contribution in [0.4, 0.5) is 11.4 Å². The number of amides is 1. The van der Waals surface area contributed by atoms with E-state index >= 15 is 0 Å². The topological polar surface area (TPSA) is 70.7 Å². The molecular weight excluding hydrogens is 354 g/mol. The monoisotopic (exact) mass is 379 g/mol. The van der Waals surface area contributed by atoms with Gasteiger partial charge in [0.2, 0.25) is 0 Å². The second kappa shape index (κ2) is 7.92. The first kappa shape index (κ1) is 18.3. The van der Waals surface area contributed by atoms with Gasteiger partial charge in [0.25, 0.3) is 5.91 Å². The Labute approximate surface area is 164 Å². The highest BCUT2D eigenvalue weighted by molar-refractivity contribution is 6.03. The molecule has 2 aromatic carbocycles. The minimum absolute atomic E-state index is 0.103. The molecule has 2 aliphatic heterocycles. The number of para-hydroxylation sites is 3.